The number of amides is 1. The second-order valence-electron chi connectivity index (χ2n) is 5.67. The zero-order valence-electron chi connectivity index (χ0n) is 11.5. The summed E-state index contributed by atoms with van der Waals surface area (Å²) < 4.78 is 7.14. The van der Waals surface area contributed by atoms with Crippen LogP contribution in [0.4, 0.5) is 0 Å². The van der Waals surface area contributed by atoms with Gasteiger partial charge in [-0.15, -0.1) is 5.10 Å². The smallest absolute Gasteiger partial charge is 0.253 e. The van der Waals surface area contributed by atoms with Gasteiger partial charge in [0, 0.05) is 18.8 Å². The van der Waals surface area contributed by atoms with Gasteiger partial charge < -0.3 is 10.1 Å². The Morgan fingerprint density at radius 3 is 3.15 bits per heavy atom. The number of aromatic nitrogens is 4. The molecule has 0 aromatic carbocycles. The summed E-state index contributed by atoms with van der Waals surface area (Å²) in [5.41, 5.74) is 0.985. The van der Waals surface area contributed by atoms with Gasteiger partial charge in [-0.25, -0.2) is 0 Å². The lowest BCUT2D eigenvalue weighted by Crippen LogP contribution is -2.45. The van der Waals surface area contributed by atoms with E-state index in [-0.39, 0.29) is 17.6 Å². The van der Waals surface area contributed by atoms with E-state index in [1.807, 2.05) is 13.8 Å². The summed E-state index contributed by atoms with van der Waals surface area (Å²) in [7, 11) is 0. The van der Waals surface area contributed by atoms with Crippen molar-refractivity contribution < 1.29 is 9.53 Å². The predicted octanol–water partition coefficient (Wildman–Crippen LogP) is 0.812. The Morgan fingerprint density at radius 1 is 1.50 bits per heavy atom. The minimum absolute atomic E-state index is 0.106. The van der Waals surface area contributed by atoms with Crippen molar-refractivity contribution in [3.8, 4) is 0 Å². The number of nitrogens with one attached hydrogen (secondary N) is 1. The van der Waals surface area contributed by atoms with Crippen LogP contribution in [0.2, 0.25) is 0 Å². The number of rotatable bonds is 2. The van der Waals surface area contributed by atoms with Crippen LogP contribution in [0.25, 0.3) is 5.65 Å². The van der Waals surface area contributed by atoms with Gasteiger partial charge in [0.1, 0.15) is 0 Å². The maximum absolute atomic E-state index is 12.3. The topological polar surface area (TPSA) is 81.4 Å². The minimum atomic E-state index is -0.185. The van der Waals surface area contributed by atoms with E-state index in [9.17, 15) is 4.79 Å². The van der Waals surface area contributed by atoms with E-state index >= 15 is 0 Å². The van der Waals surface area contributed by atoms with Gasteiger partial charge in [0.05, 0.1) is 11.2 Å². The van der Waals surface area contributed by atoms with Gasteiger partial charge in [0.2, 0.25) is 0 Å². The largest absolute Gasteiger partial charge is 0.375 e. The number of tetrazole rings is 1. The van der Waals surface area contributed by atoms with Gasteiger partial charge in [-0.05, 0) is 49.2 Å². The Kier molecular flexibility index (Phi) is 3.13. The molecule has 3 rings (SSSR count). The molecule has 1 N–H and O–H groups in total. The first kappa shape index (κ1) is 13.0. The van der Waals surface area contributed by atoms with Gasteiger partial charge in [-0.3, -0.25) is 4.79 Å². The van der Waals surface area contributed by atoms with Gasteiger partial charge in [-0.1, -0.05) is 0 Å². The molecule has 2 aromatic rings. The average Bonchev–Trinajstić information content (AvgIpc) is 2.84. The molecule has 0 spiro atoms. The highest BCUT2D eigenvalue weighted by molar-refractivity contribution is 5.94. The van der Waals surface area contributed by atoms with E-state index in [0.29, 0.717) is 17.8 Å². The Bertz CT molecular complexity index is 636. The van der Waals surface area contributed by atoms with Gasteiger partial charge in [-0.2, -0.15) is 4.52 Å². The summed E-state index contributed by atoms with van der Waals surface area (Å²) in [6, 6.07) is 3.59. The van der Waals surface area contributed by atoms with Crippen LogP contribution in [-0.2, 0) is 4.74 Å². The van der Waals surface area contributed by atoms with Gasteiger partial charge in [0.15, 0.2) is 5.65 Å². The van der Waals surface area contributed by atoms with Crippen LogP contribution in [0, 0.1) is 0 Å². The van der Waals surface area contributed by atoms with Crippen LogP contribution in [-0.4, -0.2) is 44.2 Å². The van der Waals surface area contributed by atoms with Crippen LogP contribution in [0.15, 0.2) is 18.3 Å². The molecule has 1 aliphatic heterocycles. The minimum Gasteiger partial charge on any atom is -0.375 e. The summed E-state index contributed by atoms with van der Waals surface area (Å²) in [6.45, 7) is 4.75. The normalized spacial score (nSPS) is 21.8. The van der Waals surface area contributed by atoms with Crippen LogP contribution in [0.5, 0.6) is 0 Å². The van der Waals surface area contributed by atoms with E-state index in [4.69, 9.17) is 4.74 Å². The molecule has 1 atom stereocenters. The quantitative estimate of drug-likeness (QED) is 0.877. The number of carbonyl (C=O) groups excluding carboxylic acids is 1. The molecule has 0 bridgehead atoms. The number of carbonyl (C=O) groups is 1. The van der Waals surface area contributed by atoms with Crippen molar-refractivity contribution in [1.82, 2.24) is 25.4 Å². The highest BCUT2D eigenvalue weighted by atomic mass is 16.5. The predicted molar refractivity (Wildman–Crippen MR) is 71.3 cm³/mol. The first-order chi connectivity index (χ1) is 9.53. The van der Waals surface area contributed by atoms with E-state index in [1.54, 1.807) is 18.3 Å². The number of nitrogens with zero attached hydrogens (tertiary/aromatic N) is 4. The van der Waals surface area contributed by atoms with Crippen molar-refractivity contribution in [3.05, 3.63) is 23.9 Å². The Balaban J connectivity index is 1.72. The zero-order chi connectivity index (χ0) is 14.2. The molecule has 3 heterocycles. The van der Waals surface area contributed by atoms with Crippen LogP contribution in [0.1, 0.15) is 37.0 Å². The fourth-order valence-electron chi connectivity index (χ4n) is 2.50. The molecule has 1 fully saturated rings. The first-order valence-electron chi connectivity index (χ1n) is 6.66. The highest BCUT2D eigenvalue weighted by Gasteiger charge is 2.29. The number of pyridine rings is 1. The fourth-order valence-corrected chi connectivity index (χ4v) is 2.50. The molecule has 1 aliphatic rings. The summed E-state index contributed by atoms with van der Waals surface area (Å²) in [5, 5.41) is 14.2. The standard InChI is InChI=1S/C13H17N5O2/c1-13(2)7-10(5-6-20-13)14-12(19)9-3-4-11-15-16-17-18(11)8-9/h3-4,8,10H,5-7H2,1-2H3,(H,14,19)/t10-/m1/s1. The highest BCUT2D eigenvalue weighted by Crippen LogP contribution is 2.24. The molecular weight excluding hydrogens is 258 g/mol. The number of ether oxygens (including phenoxy) is 1. The lowest BCUT2D eigenvalue weighted by atomic mass is 9.94. The van der Waals surface area contributed by atoms with Crippen LogP contribution in [0.3, 0.4) is 0 Å². The third kappa shape index (κ3) is 2.62. The molecule has 1 amide bonds. The molecule has 7 nitrogen and oxygen atoms in total. The Hall–Kier alpha value is -2.02. The molecule has 20 heavy (non-hydrogen) atoms. The Labute approximate surface area is 116 Å². The molecule has 0 aliphatic carbocycles. The fraction of sp³-hybridized carbons (Fsp3) is 0.538. The molecule has 0 radical (unpaired) electrons. The van der Waals surface area contributed by atoms with Crippen molar-refractivity contribution in [2.45, 2.75) is 38.3 Å². The second-order valence-corrected chi connectivity index (χ2v) is 5.67. The third-order valence-electron chi connectivity index (χ3n) is 3.49. The average molecular weight is 275 g/mol. The van der Waals surface area contributed by atoms with E-state index in [1.165, 1.54) is 4.52 Å². The molecule has 0 unspecified atom stereocenters. The maximum atomic E-state index is 12.3. The van der Waals surface area contributed by atoms with E-state index in [0.717, 1.165) is 12.8 Å². The zero-order valence-corrected chi connectivity index (χ0v) is 11.5. The molecule has 7 heteroatoms. The third-order valence-corrected chi connectivity index (χ3v) is 3.49. The van der Waals surface area contributed by atoms with Crippen molar-refractivity contribution in [2.75, 3.05) is 6.61 Å². The van der Waals surface area contributed by atoms with Gasteiger partial charge >= 0.3 is 0 Å². The summed E-state index contributed by atoms with van der Waals surface area (Å²) in [4.78, 5) is 12.3. The van der Waals surface area contributed by atoms with E-state index < -0.39 is 0 Å². The summed E-state index contributed by atoms with van der Waals surface area (Å²) in [5.74, 6) is -0.106. The van der Waals surface area contributed by atoms with Crippen molar-refractivity contribution in [1.29, 1.82) is 0 Å². The van der Waals surface area contributed by atoms with E-state index in [2.05, 4.69) is 20.8 Å². The second kappa shape index (κ2) is 4.82. The molecule has 106 valence electrons. The molecular formula is C13H17N5O2. The Morgan fingerprint density at radius 2 is 2.35 bits per heavy atom. The summed E-state index contributed by atoms with van der Waals surface area (Å²) in [6.07, 6.45) is 3.28. The summed E-state index contributed by atoms with van der Waals surface area (Å²) >= 11 is 0. The molecule has 0 saturated carbocycles. The lowest BCUT2D eigenvalue weighted by Gasteiger charge is -2.35. The van der Waals surface area contributed by atoms with Crippen molar-refractivity contribution in [2.24, 2.45) is 0 Å². The number of hydrogen-bond acceptors (Lipinski definition) is 5. The molecule has 2 aromatic heterocycles. The maximum Gasteiger partial charge on any atom is 0.253 e. The lowest BCUT2D eigenvalue weighted by molar-refractivity contribution is -0.0615. The monoisotopic (exact) mass is 275 g/mol. The van der Waals surface area contributed by atoms with Crippen LogP contribution >= 0.6 is 0 Å². The van der Waals surface area contributed by atoms with Crippen LogP contribution < -0.4 is 5.32 Å². The van der Waals surface area contributed by atoms with Gasteiger partial charge in [0.25, 0.3) is 5.91 Å². The SMILES string of the molecule is CC1(C)C[C@H](NC(=O)c2ccc3nnnn3c2)CCO1. The molecule has 1 saturated heterocycles. The number of fused-ring (bicyclic) bond motifs is 1. The van der Waals surface area contributed by atoms with Crippen molar-refractivity contribution in [3.63, 3.8) is 0 Å². The number of hydrogen-bond donors (Lipinski definition) is 1. The van der Waals surface area contributed by atoms with Crippen molar-refractivity contribution >= 4 is 11.6 Å². The first-order valence-corrected chi connectivity index (χ1v) is 6.66.